The van der Waals surface area contributed by atoms with E-state index in [4.69, 9.17) is 9.84 Å². The molecule has 0 fully saturated rings. The number of hydrogen-bond acceptors (Lipinski definition) is 4. The van der Waals surface area contributed by atoms with E-state index in [2.05, 4.69) is 0 Å². The predicted octanol–water partition coefficient (Wildman–Crippen LogP) is 7.17. The average molecular weight is 529 g/mol. The molecule has 0 saturated heterocycles. The number of ether oxygens (including phenoxy) is 1. The summed E-state index contributed by atoms with van der Waals surface area (Å²) in [7, 11) is 0. The summed E-state index contributed by atoms with van der Waals surface area (Å²) in [4.78, 5) is 23.1. The minimum absolute atomic E-state index is 0.0810. The number of carboxylic acids is 1. The van der Waals surface area contributed by atoms with Crippen LogP contribution in [0.4, 0.5) is 13.2 Å². The van der Waals surface area contributed by atoms with Gasteiger partial charge in [0.05, 0.1) is 5.56 Å². The Morgan fingerprint density at radius 3 is 1.95 bits per heavy atom. The molecule has 2 atom stereocenters. The van der Waals surface area contributed by atoms with Crippen LogP contribution in [0.1, 0.15) is 65.4 Å². The summed E-state index contributed by atoms with van der Waals surface area (Å²) >= 11 is 0. The Kier molecular flexibility index (Phi) is 8.99. The zero-order valence-electron chi connectivity index (χ0n) is 21.7. The number of alkyl halides is 3. The molecule has 0 radical (unpaired) electrons. The van der Waals surface area contributed by atoms with Crippen LogP contribution in [-0.4, -0.2) is 28.1 Å². The summed E-state index contributed by atoms with van der Waals surface area (Å²) in [5.41, 5.74) is 3.85. The molecule has 3 rings (SSSR count). The van der Waals surface area contributed by atoms with Crippen molar-refractivity contribution in [1.82, 2.24) is 0 Å². The third kappa shape index (κ3) is 7.01. The summed E-state index contributed by atoms with van der Waals surface area (Å²) in [5.74, 6) is -0.915. The van der Waals surface area contributed by atoms with Crippen molar-refractivity contribution < 1.29 is 37.7 Å². The molecule has 2 N–H and O–H groups in total. The van der Waals surface area contributed by atoms with E-state index >= 15 is 0 Å². The van der Waals surface area contributed by atoms with Gasteiger partial charge in [0.2, 0.25) is 0 Å². The largest absolute Gasteiger partial charge is 0.485 e. The Morgan fingerprint density at radius 1 is 0.921 bits per heavy atom. The Morgan fingerprint density at radius 2 is 1.47 bits per heavy atom. The van der Waals surface area contributed by atoms with Gasteiger partial charge < -0.3 is 14.9 Å². The summed E-state index contributed by atoms with van der Waals surface area (Å²) in [5, 5.41) is 18.2. The SMILES string of the molecule is Cc1cc(OC(c2ccc(C(=O)CC[C@@H](O)C(=O)O)cc2)C(C)C)cc(C)c1-c1ccc(C(F)(F)F)cc1. The first-order chi connectivity index (χ1) is 17.8. The van der Waals surface area contributed by atoms with E-state index in [9.17, 15) is 27.9 Å². The average Bonchev–Trinajstić information content (AvgIpc) is 2.85. The van der Waals surface area contributed by atoms with Gasteiger partial charge in [-0.3, -0.25) is 4.79 Å². The lowest BCUT2D eigenvalue weighted by atomic mass is 9.94. The second-order valence-electron chi connectivity index (χ2n) is 9.73. The monoisotopic (exact) mass is 528 g/mol. The van der Waals surface area contributed by atoms with Gasteiger partial charge in [0.1, 0.15) is 11.9 Å². The molecule has 5 nitrogen and oxygen atoms in total. The third-order valence-electron chi connectivity index (χ3n) is 6.37. The second kappa shape index (κ2) is 11.8. The molecule has 38 heavy (non-hydrogen) atoms. The predicted molar refractivity (Wildman–Crippen MR) is 138 cm³/mol. The molecule has 0 saturated carbocycles. The van der Waals surface area contributed by atoms with Crippen molar-refractivity contribution in [2.45, 2.75) is 58.9 Å². The van der Waals surface area contributed by atoms with Gasteiger partial charge in [-0.2, -0.15) is 13.2 Å². The quantitative estimate of drug-likeness (QED) is 0.273. The molecule has 0 aliphatic carbocycles. The van der Waals surface area contributed by atoms with E-state index in [1.165, 1.54) is 12.1 Å². The first-order valence-corrected chi connectivity index (χ1v) is 12.3. The molecule has 0 aliphatic rings. The van der Waals surface area contributed by atoms with Gasteiger partial charge in [0, 0.05) is 12.0 Å². The lowest BCUT2D eigenvalue weighted by Gasteiger charge is -2.24. The Bertz CT molecular complexity index is 1260. The van der Waals surface area contributed by atoms with Gasteiger partial charge in [-0.1, -0.05) is 50.2 Å². The zero-order valence-corrected chi connectivity index (χ0v) is 21.7. The van der Waals surface area contributed by atoms with Crippen molar-refractivity contribution in [2.24, 2.45) is 5.92 Å². The van der Waals surface area contributed by atoms with Gasteiger partial charge in [0.15, 0.2) is 11.9 Å². The first-order valence-electron chi connectivity index (χ1n) is 12.3. The Balaban J connectivity index is 1.78. The maximum atomic E-state index is 12.9. The molecule has 1 unspecified atom stereocenters. The summed E-state index contributed by atoms with van der Waals surface area (Å²) in [6, 6.07) is 15.7. The topological polar surface area (TPSA) is 83.8 Å². The molecule has 202 valence electrons. The number of aliphatic carboxylic acids is 1. The number of ketones is 1. The summed E-state index contributed by atoms with van der Waals surface area (Å²) in [6.45, 7) is 7.79. The highest BCUT2D eigenvalue weighted by atomic mass is 19.4. The van der Waals surface area contributed by atoms with E-state index in [-0.39, 0.29) is 30.6 Å². The number of aryl methyl sites for hydroxylation is 2. The maximum Gasteiger partial charge on any atom is 0.416 e. The third-order valence-corrected chi connectivity index (χ3v) is 6.37. The lowest BCUT2D eigenvalue weighted by Crippen LogP contribution is -2.20. The maximum absolute atomic E-state index is 12.9. The van der Waals surface area contributed by atoms with Crippen LogP contribution in [0.3, 0.4) is 0 Å². The molecule has 0 spiro atoms. The molecule has 3 aromatic carbocycles. The Labute approximate surface area is 219 Å². The van der Waals surface area contributed by atoms with E-state index in [0.29, 0.717) is 16.9 Å². The lowest BCUT2D eigenvalue weighted by molar-refractivity contribution is -0.146. The van der Waals surface area contributed by atoms with Crippen LogP contribution in [0.15, 0.2) is 60.7 Å². The molecule has 0 amide bonds. The first kappa shape index (κ1) is 28.9. The molecule has 0 aromatic heterocycles. The molecule has 3 aromatic rings. The number of Topliss-reactive ketones (excluding diaryl/α,β-unsaturated/α-hetero) is 1. The highest BCUT2D eigenvalue weighted by Crippen LogP contribution is 2.36. The van der Waals surface area contributed by atoms with Crippen LogP contribution >= 0.6 is 0 Å². The van der Waals surface area contributed by atoms with Crippen molar-refractivity contribution >= 4 is 11.8 Å². The van der Waals surface area contributed by atoms with E-state index in [1.54, 1.807) is 24.3 Å². The highest BCUT2D eigenvalue weighted by Gasteiger charge is 2.30. The van der Waals surface area contributed by atoms with Crippen molar-refractivity contribution in [3.63, 3.8) is 0 Å². The molecule has 0 aliphatic heterocycles. The van der Waals surface area contributed by atoms with Crippen LogP contribution < -0.4 is 4.74 Å². The van der Waals surface area contributed by atoms with E-state index < -0.39 is 23.8 Å². The van der Waals surface area contributed by atoms with Crippen molar-refractivity contribution in [3.05, 3.63) is 88.5 Å². The zero-order chi connectivity index (χ0) is 28.2. The van der Waals surface area contributed by atoms with Crippen LogP contribution in [0.5, 0.6) is 5.75 Å². The fourth-order valence-corrected chi connectivity index (χ4v) is 4.40. The number of benzene rings is 3. The molecular formula is C30H31F3O5. The standard InChI is InChI=1S/C30H31F3O5/c1-17(2)28(22-7-5-20(6-8-22)25(34)13-14-26(35)29(36)37)38-24-15-18(3)27(19(4)16-24)21-9-11-23(12-10-21)30(31,32)33/h5-12,15-17,26,28,35H,13-14H2,1-4H3,(H,36,37)/t26-,28?/m1/s1. The van der Waals surface area contributed by atoms with Crippen LogP contribution in [0.2, 0.25) is 0 Å². The van der Waals surface area contributed by atoms with Gasteiger partial charge in [-0.25, -0.2) is 4.79 Å². The number of aliphatic hydroxyl groups excluding tert-OH is 1. The second-order valence-corrected chi connectivity index (χ2v) is 9.73. The molecule has 0 heterocycles. The number of carbonyl (C=O) groups is 2. The van der Waals surface area contributed by atoms with Gasteiger partial charge in [-0.15, -0.1) is 0 Å². The van der Waals surface area contributed by atoms with Crippen LogP contribution in [-0.2, 0) is 11.0 Å². The number of rotatable bonds is 10. The van der Waals surface area contributed by atoms with E-state index in [1.807, 2.05) is 39.8 Å². The minimum atomic E-state index is -4.39. The smallest absolute Gasteiger partial charge is 0.416 e. The number of carboxylic acid groups (broad SMARTS) is 1. The number of halogens is 3. The molecule has 0 bridgehead atoms. The van der Waals surface area contributed by atoms with Crippen molar-refractivity contribution in [3.8, 4) is 16.9 Å². The van der Waals surface area contributed by atoms with Crippen LogP contribution in [0.25, 0.3) is 11.1 Å². The fourth-order valence-electron chi connectivity index (χ4n) is 4.40. The highest BCUT2D eigenvalue weighted by molar-refractivity contribution is 5.96. The van der Waals surface area contributed by atoms with Gasteiger partial charge in [-0.05, 0) is 78.3 Å². The minimum Gasteiger partial charge on any atom is -0.485 e. The van der Waals surface area contributed by atoms with Gasteiger partial charge in [0.25, 0.3) is 0 Å². The van der Waals surface area contributed by atoms with E-state index in [0.717, 1.165) is 34.4 Å². The number of aliphatic hydroxyl groups is 1. The van der Waals surface area contributed by atoms with Crippen molar-refractivity contribution in [1.29, 1.82) is 0 Å². The molecule has 8 heteroatoms. The normalized spacial score (nSPS) is 13.3. The summed E-state index contributed by atoms with van der Waals surface area (Å²) in [6.07, 6.45) is -6.53. The molecular weight excluding hydrogens is 497 g/mol. The fraction of sp³-hybridized carbons (Fsp3) is 0.333. The number of hydrogen-bond donors (Lipinski definition) is 2. The number of carbonyl (C=O) groups excluding carboxylic acids is 1. The van der Waals surface area contributed by atoms with Gasteiger partial charge >= 0.3 is 12.1 Å². The Hall–Kier alpha value is -3.65. The summed E-state index contributed by atoms with van der Waals surface area (Å²) < 4.78 is 45.2. The van der Waals surface area contributed by atoms with Crippen LogP contribution in [0, 0.1) is 19.8 Å². The van der Waals surface area contributed by atoms with Crippen molar-refractivity contribution in [2.75, 3.05) is 0 Å².